The number of rotatable bonds is 3. The van der Waals surface area contributed by atoms with Crippen molar-refractivity contribution >= 4 is 5.82 Å². The van der Waals surface area contributed by atoms with Crippen LogP contribution in [0.25, 0.3) is 11.4 Å². The highest BCUT2D eigenvalue weighted by molar-refractivity contribution is 5.57. The van der Waals surface area contributed by atoms with E-state index in [0.717, 1.165) is 55.5 Å². The fourth-order valence-electron chi connectivity index (χ4n) is 2.61. The lowest BCUT2D eigenvalue weighted by Gasteiger charge is -2.22. The van der Waals surface area contributed by atoms with Crippen LogP contribution in [0.1, 0.15) is 31.9 Å². The smallest absolute Gasteiger partial charge is 0.163 e. The predicted molar refractivity (Wildman–Crippen MR) is 89.1 cm³/mol. The molecule has 1 aliphatic rings. The van der Waals surface area contributed by atoms with Crippen LogP contribution in [0, 0.1) is 0 Å². The minimum Gasteiger partial charge on any atom is -0.355 e. The number of anilines is 1. The molecule has 22 heavy (non-hydrogen) atoms. The molecule has 0 spiro atoms. The van der Waals surface area contributed by atoms with Crippen LogP contribution >= 0.6 is 0 Å². The summed E-state index contributed by atoms with van der Waals surface area (Å²) < 4.78 is 0. The van der Waals surface area contributed by atoms with Gasteiger partial charge in [-0.3, -0.25) is 4.98 Å². The Kier molecular flexibility index (Phi) is 4.63. The van der Waals surface area contributed by atoms with Crippen molar-refractivity contribution in [3.8, 4) is 11.4 Å². The zero-order valence-corrected chi connectivity index (χ0v) is 13.3. The molecule has 0 aromatic carbocycles. The number of nitrogens with one attached hydrogen (secondary N) is 1. The molecule has 3 rings (SSSR count). The molecule has 0 atom stereocenters. The first-order chi connectivity index (χ1) is 10.7. The van der Waals surface area contributed by atoms with Gasteiger partial charge in [0, 0.05) is 49.4 Å². The Hall–Kier alpha value is -2.01. The van der Waals surface area contributed by atoms with Crippen molar-refractivity contribution in [2.45, 2.75) is 26.2 Å². The van der Waals surface area contributed by atoms with Gasteiger partial charge in [0.2, 0.25) is 0 Å². The highest BCUT2D eigenvalue weighted by atomic mass is 15.2. The molecule has 0 saturated carbocycles. The highest BCUT2D eigenvalue weighted by Gasteiger charge is 2.15. The molecule has 1 fully saturated rings. The molecule has 0 bridgehead atoms. The van der Waals surface area contributed by atoms with Gasteiger partial charge in [0.25, 0.3) is 0 Å². The normalized spacial score (nSPS) is 15.9. The minimum atomic E-state index is 0.377. The summed E-state index contributed by atoms with van der Waals surface area (Å²) in [7, 11) is 0. The standard InChI is InChI=1S/C17H23N5/c1-13(2)15-11-16(22-9-4-7-18-8-10-22)21-17(20-15)14-5-3-6-19-12-14/h3,5-6,11-13,18H,4,7-10H2,1-2H3. The van der Waals surface area contributed by atoms with Crippen LogP contribution in [0.3, 0.4) is 0 Å². The van der Waals surface area contributed by atoms with E-state index in [1.54, 1.807) is 6.20 Å². The number of pyridine rings is 1. The Labute approximate surface area is 131 Å². The van der Waals surface area contributed by atoms with Crippen molar-refractivity contribution in [3.05, 3.63) is 36.3 Å². The molecule has 1 N–H and O–H groups in total. The summed E-state index contributed by atoms with van der Waals surface area (Å²) in [5.74, 6) is 2.18. The van der Waals surface area contributed by atoms with Crippen LogP contribution in [0.15, 0.2) is 30.6 Å². The summed E-state index contributed by atoms with van der Waals surface area (Å²) in [6.45, 7) is 8.44. The van der Waals surface area contributed by atoms with Gasteiger partial charge in [0.05, 0.1) is 0 Å². The Morgan fingerprint density at radius 2 is 2.09 bits per heavy atom. The third-order valence-corrected chi connectivity index (χ3v) is 3.91. The predicted octanol–water partition coefficient (Wildman–Crippen LogP) is 2.46. The lowest BCUT2D eigenvalue weighted by molar-refractivity contribution is 0.724. The Bertz CT molecular complexity index is 604. The van der Waals surface area contributed by atoms with Crippen LogP contribution in [0.5, 0.6) is 0 Å². The fourth-order valence-corrected chi connectivity index (χ4v) is 2.61. The van der Waals surface area contributed by atoms with Crippen molar-refractivity contribution in [2.24, 2.45) is 0 Å². The van der Waals surface area contributed by atoms with E-state index in [4.69, 9.17) is 9.97 Å². The van der Waals surface area contributed by atoms with Gasteiger partial charge in [-0.1, -0.05) is 13.8 Å². The summed E-state index contributed by atoms with van der Waals surface area (Å²) in [6, 6.07) is 6.08. The third kappa shape index (κ3) is 3.42. The van der Waals surface area contributed by atoms with Crippen molar-refractivity contribution in [1.29, 1.82) is 0 Å². The second-order valence-electron chi connectivity index (χ2n) is 5.96. The molecule has 2 aromatic rings. The zero-order chi connectivity index (χ0) is 15.4. The van der Waals surface area contributed by atoms with E-state index in [2.05, 4.69) is 35.1 Å². The Morgan fingerprint density at radius 1 is 1.18 bits per heavy atom. The molecular formula is C17H23N5. The maximum absolute atomic E-state index is 4.80. The lowest BCUT2D eigenvalue weighted by atomic mass is 10.1. The lowest BCUT2D eigenvalue weighted by Crippen LogP contribution is -2.29. The van der Waals surface area contributed by atoms with E-state index in [9.17, 15) is 0 Å². The molecule has 1 saturated heterocycles. The molecule has 0 aliphatic carbocycles. The summed E-state index contributed by atoms with van der Waals surface area (Å²) >= 11 is 0. The highest BCUT2D eigenvalue weighted by Crippen LogP contribution is 2.23. The van der Waals surface area contributed by atoms with Gasteiger partial charge in [-0.25, -0.2) is 9.97 Å². The SMILES string of the molecule is CC(C)c1cc(N2CCCNCC2)nc(-c2cccnc2)n1. The molecule has 0 radical (unpaired) electrons. The summed E-state index contributed by atoms with van der Waals surface area (Å²) in [5, 5.41) is 3.44. The molecule has 0 unspecified atom stereocenters. The summed E-state index contributed by atoms with van der Waals surface area (Å²) in [4.78, 5) is 16.1. The van der Waals surface area contributed by atoms with Gasteiger partial charge in [-0.15, -0.1) is 0 Å². The second-order valence-corrected chi connectivity index (χ2v) is 5.96. The number of aromatic nitrogens is 3. The van der Waals surface area contributed by atoms with Crippen LogP contribution < -0.4 is 10.2 Å². The maximum Gasteiger partial charge on any atom is 0.163 e. The topological polar surface area (TPSA) is 53.9 Å². The van der Waals surface area contributed by atoms with E-state index in [1.807, 2.05) is 18.3 Å². The number of hydrogen-bond acceptors (Lipinski definition) is 5. The first-order valence-corrected chi connectivity index (χ1v) is 7.99. The van der Waals surface area contributed by atoms with Crippen molar-refractivity contribution in [3.63, 3.8) is 0 Å². The first-order valence-electron chi connectivity index (χ1n) is 7.99. The Balaban J connectivity index is 2.00. The van der Waals surface area contributed by atoms with Crippen LogP contribution in [0.2, 0.25) is 0 Å². The largest absolute Gasteiger partial charge is 0.355 e. The average molecular weight is 297 g/mol. The van der Waals surface area contributed by atoms with E-state index in [0.29, 0.717) is 5.92 Å². The van der Waals surface area contributed by atoms with E-state index < -0.39 is 0 Å². The van der Waals surface area contributed by atoms with Crippen molar-refractivity contribution in [1.82, 2.24) is 20.3 Å². The molecular weight excluding hydrogens is 274 g/mol. The molecule has 0 amide bonds. The van der Waals surface area contributed by atoms with Crippen LogP contribution in [-0.4, -0.2) is 41.1 Å². The van der Waals surface area contributed by atoms with Gasteiger partial charge >= 0.3 is 0 Å². The van der Waals surface area contributed by atoms with Gasteiger partial charge < -0.3 is 10.2 Å². The number of nitrogens with zero attached hydrogens (tertiary/aromatic N) is 4. The molecule has 5 heteroatoms. The quantitative estimate of drug-likeness (QED) is 0.943. The maximum atomic E-state index is 4.80. The van der Waals surface area contributed by atoms with E-state index in [-0.39, 0.29) is 0 Å². The molecule has 5 nitrogen and oxygen atoms in total. The van der Waals surface area contributed by atoms with E-state index >= 15 is 0 Å². The minimum absolute atomic E-state index is 0.377. The third-order valence-electron chi connectivity index (χ3n) is 3.91. The second kappa shape index (κ2) is 6.83. The van der Waals surface area contributed by atoms with Crippen molar-refractivity contribution < 1.29 is 0 Å². The Morgan fingerprint density at radius 3 is 2.86 bits per heavy atom. The van der Waals surface area contributed by atoms with Crippen LogP contribution in [-0.2, 0) is 0 Å². The molecule has 3 heterocycles. The molecule has 116 valence electrons. The average Bonchev–Trinajstić information content (AvgIpc) is 2.84. The number of hydrogen-bond donors (Lipinski definition) is 1. The summed E-state index contributed by atoms with van der Waals surface area (Å²) in [6.07, 6.45) is 4.74. The van der Waals surface area contributed by atoms with Gasteiger partial charge in [-0.2, -0.15) is 0 Å². The summed E-state index contributed by atoms with van der Waals surface area (Å²) in [5.41, 5.74) is 2.06. The zero-order valence-electron chi connectivity index (χ0n) is 13.3. The van der Waals surface area contributed by atoms with Gasteiger partial charge in [-0.05, 0) is 31.0 Å². The van der Waals surface area contributed by atoms with Crippen molar-refractivity contribution in [2.75, 3.05) is 31.1 Å². The van der Waals surface area contributed by atoms with Gasteiger partial charge in [0.1, 0.15) is 5.82 Å². The van der Waals surface area contributed by atoms with Crippen LogP contribution in [0.4, 0.5) is 5.82 Å². The fraction of sp³-hybridized carbons (Fsp3) is 0.471. The van der Waals surface area contributed by atoms with Gasteiger partial charge in [0.15, 0.2) is 5.82 Å². The molecule has 1 aliphatic heterocycles. The first kappa shape index (κ1) is 14.9. The monoisotopic (exact) mass is 297 g/mol. The molecule has 2 aromatic heterocycles. The van der Waals surface area contributed by atoms with E-state index in [1.165, 1.54) is 0 Å².